The van der Waals surface area contributed by atoms with Crippen LogP contribution in [0.2, 0.25) is 0 Å². The zero-order chi connectivity index (χ0) is 15.4. The molecule has 0 bridgehead atoms. The smallest absolute Gasteiger partial charge is 0.159 e. The van der Waals surface area contributed by atoms with Crippen LogP contribution in [0.15, 0.2) is 18.2 Å². The Kier molecular flexibility index (Phi) is 5.71. The molecule has 1 aliphatic rings. The summed E-state index contributed by atoms with van der Waals surface area (Å²) in [6.45, 7) is 5.78. The predicted octanol–water partition coefficient (Wildman–Crippen LogP) is 3.87. The number of hydrogen-bond donors (Lipinski definition) is 1. The molecule has 0 aromatic heterocycles. The summed E-state index contributed by atoms with van der Waals surface area (Å²) in [6.07, 6.45) is 4.78. The second kappa shape index (κ2) is 7.32. The van der Waals surface area contributed by atoms with Crippen molar-refractivity contribution in [3.8, 4) is 0 Å². The molecule has 2 nitrogen and oxygen atoms in total. The first-order valence-electron chi connectivity index (χ1n) is 7.99. The Morgan fingerprint density at radius 2 is 1.95 bits per heavy atom. The topological polar surface area (TPSA) is 29.3 Å². The maximum atomic E-state index is 13.5. The minimum Gasteiger partial charge on any atom is -0.330 e. The number of benzene rings is 1. The maximum Gasteiger partial charge on any atom is 0.159 e. The quantitative estimate of drug-likeness (QED) is 0.894. The molecular formula is C17H26F2N2. The number of halogens is 2. The lowest BCUT2D eigenvalue weighted by molar-refractivity contribution is 0.0768. The van der Waals surface area contributed by atoms with E-state index in [0.29, 0.717) is 18.5 Å². The van der Waals surface area contributed by atoms with Crippen LogP contribution in [0.1, 0.15) is 51.1 Å². The Balaban J connectivity index is 2.20. The highest BCUT2D eigenvalue weighted by atomic mass is 19.2. The van der Waals surface area contributed by atoms with Gasteiger partial charge in [0.15, 0.2) is 11.6 Å². The summed E-state index contributed by atoms with van der Waals surface area (Å²) in [4.78, 5) is 2.39. The first-order chi connectivity index (χ1) is 10.1. The predicted molar refractivity (Wildman–Crippen MR) is 82.0 cm³/mol. The van der Waals surface area contributed by atoms with Gasteiger partial charge in [0.2, 0.25) is 0 Å². The molecule has 0 spiro atoms. The minimum absolute atomic E-state index is 0.0715. The van der Waals surface area contributed by atoms with Crippen LogP contribution in [0.25, 0.3) is 0 Å². The number of rotatable bonds is 5. The van der Waals surface area contributed by atoms with Gasteiger partial charge in [-0.05, 0) is 56.5 Å². The van der Waals surface area contributed by atoms with E-state index in [1.165, 1.54) is 31.4 Å². The highest BCUT2D eigenvalue weighted by Gasteiger charge is 2.31. The molecule has 118 valence electrons. The fourth-order valence-corrected chi connectivity index (χ4v) is 3.66. The van der Waals surface area contributed by atoms with E-state index >= 15 is 0 Å². The van der Waals surface area contributed by atoms with Crippen LogP contribution >= 0.6 is 0 Å². The average molecular weight is 296 g/mol. The Morgan fingerprint density at radius 1 is 1.24 bits per heavy atom. The van der Waals surface area contributed by atoms with Gasteiger partial charge in [-0.2, -0.15) is 0 Å². The van der Waals surface area contributed by atoms with E-state index in [2.05, 4.69) is 18.7 Å². The molecule has 2 rings (SSSR count). The molecule has 0 radical (unpaired) electrons. The summed E-state index contributed by atoms with van der Waals surface area (Å²) >= 11 is 0. The van der Waals surface area contributed by atoms with Crippen LogP contribution in [0.5, 0.6) is 0 Å². The molecular weight excluding hydrogens is 270 g/mol. The van der Waals surface area contributed by atoms with Crippen molar-refractivity contribution in [3.05, 3.63) is 35.4 Å². The largest absolute Gasteiger partial charge is 0.330 e. The van der Waals surface area contributed by atoms with Gasteiger partial charge in [0.05, 0.1) is 0 Å². The van der Waals surface area contributed by atoms with E-state index in [9.17, 15) is 8.78 Å². The second-order valence-corrected chi connectivity index (χ2v) is 6.03. The van der Waals surface area contributed by atoms with E-state index in [-0.39, 0.29) is 6.04 Å². The van der Waals surface area contributed by atoms with Crippen LogP contribution in [0, 0.1) is 17.6 Å². The standard InChI is InChI=1S/C17H26F2N2/c1-3-21(17-7-5-4-6-14(17)11-20)12(2)13-8-9-15(18)16(19)10-13/h8-10,12,14,17H,3-7,11,20H2,1-2H3. The zero-order valence-corrected chi connectivity index (χ0v) is 13.0. The normalized spacial score (nSPS) is 24.3. The molecule has 1 saturated carbocycles. The summed E-state index contributed by atoms with van der Waals surface area (Å²) in [5, 5.41) is 0. The van der Waals surface area contributed by atoms with Crippen molar-refractivity contribution >= 4 is 0 Å². The fourth-order valence-electron chi connectivity index (χ4n) is 3.66. The van der Waals surface area contributed by atoms with E-state index in [4.69, 9.17) is 5.73 Å². The molecule has 3 unspecified atom stereocenters. The van der Waals surface area contributed by atoms with E-state index in [0.717, 1.165) is 18.5 Å². The Labute approximate surface area is 126 Å². The van der Waals surface area contributed by atoms with Gasteiger partial charge in [0.1, 0.15) is 0 Å². The number of nitrogens with zero attached hydrogens (tertiary/aromatic N) is 1. The van der Waals surface area contributed by atoms with Crippen molar-refractivity contribution in [1.29, 1.82) is 0 Å². The van der Waals surface area contributed by atoms with Crippen LogP contribution in [-0.4, -0.2) is 24.0 Å². The zero-order valence-electron chi connectivity index (χ0n) is 13.0. The third-order valence-corrected chi connectivity index (χ3v) is 4.89. The monoisotopic (exact) mass is 296 g/mol. The molecule has 1 aromatic rings. The van der Waals surface area contributed by atoms with Gasteiger partial charge in [0.25, 0.3) is 0 Å². The number of nitrogens with two attached hydrogens (primary N) is 1. The van der Waals surface area contributed by atoms with Gasteiger partial charge in [-0.3, -0.25) is 4.90 Å². The van der Waals surface area contributed by atoms with E-state index in [1.54, 1.807) is 6.07 Å². The molecule has 0 amide bonds. The first kappa shape index (κ1) is 16.4. The van der Waals surface area contributed by atoms with Crippen LogP contribution in [0.3, 0.4) is 0 Å². The van der Waals surface area contributed by atoms with Gasteiger partial charge in [-0.15, -0.1) is 0 Å². The SMILES string of the molecule is CCN(C(C)c1ccc(F)c(F)c1)C1CCCCC1CN. The summed E-state index contributed by atoms with van der Waals surface area (Å²) in [7, 11) is 0. The molecule has 3 atom stereocenters. The van der Waals surface area contributed by atoms with Gasteiger partial charge in [0, 0.05) is 12.1 Å². The lowest BCUT2D eigenvalue weighted by atomic mass is 9.82. The summed E-state index contributed by atoms with van der Waals surface area (Å²) < 4.78 is 26.6. The molecule has 21 heavy (non-hydrogen) atoms. The van der Waals surface area contributed by atoms with Gasteiger partial charge < -0.3 is 5.73 Å². The van der Waals surface area contributed by atoms with Crippen molar-refractivity contribution < 1.29 is 8.78 Å². The van der Waals surface area contributed by atoms with Crippen LogP contribution in [-0.2, 0) is 0 Å². The third-order valence-electron chi connectivity index (χ3n) is 4.89. The molecule has 4 heteroatoms. The van der Waals surface area contributed by atoms with E-state index < -0.39 is 11.6 Å². The molecule has 0 aliphatic heterocycles. The van der Waals surface area contributed by atoms with Crippen molar-refractivity contribution in [1.82, 2.24) is 4.90 Å². The molecule has 1 fully saturated rings. The van der Waals surface area contributed by atoms with Crippen LogP contribution < -0.4 is 5.73 Å². The minimum atomic E-state index is -0.786. The number of hydrogen-bond acceptors (Lipinski definition) is 2. The molecule has 2 N–H and O–H groups in total. The van der Waals surface area contributed by atoms with Gasteiger partial charge >= 0.3 is 0 Å². The first-order valence-corrected chi connectivity index (χ1v) is 7.99. The molecule has 1 aromatic carbocycles. The maximum absolute atomic E-state index is 13.5. The van der Waals surface area contributed by atoms with Crippen molar-refractivity contribution in [2.45, 2.75) is 51.6 Å². The fraction of sp³-hybridized carbons (Fsp3) is 0.647. The van der Waals surface area contributed by atoms with Crippen LogP contribution in [0.4, 0.5) is 8.78 Å². The summed E-state index contributed by atoms with van der Waals surface area (Å²) in [5.41, 5.74) is 6.76. The second-order valence-electron chi connectivity index (χ2n) is 6.03. The highest BCUT2D eigenvalue weighted by Crippen LogP contribution is 2.33. The van der Waals surface area contributed by atoms with Crippen molar-refractivity contribution in [3.63, 3.8) is 0 Å². The summed E-state index contributed by atoms with van der Waals surface area (Å²) in [6, 6.07) is 4.74. The average Bonchev–Trinajstić information content (AvgIpc) is 2.51. The lowest BCUT2D eigenvalue weighted by Crippen LogP contribution is -2.46. The summed E-state index contributed by atoms with van der Waals surface area (Å²) in [5.74, 6) is -1.05. The van der Waals surface area contributed by atoms with Crippen molar-refractivity contribution in [2.24, 2.45) is 11.7 Å². The van der Waals surface area contributed by atoms with Gasteiger partial charge in [-0.25, -0.2) is 8.78 Å². The van der Waals surface area contributed by atoms with E-state index in [1.807, 2.05) is 0 Å². The van der Waals surface area contributed by atoms with Crippen molar-refractivity contribution in [2.75, 3.05) is 13.1 Å². The molecule has 1 aliphatic carbocycles. The Morgan fingerprint density at radius 3 is 2.57 bits per heavy atom. The van der Waals surface area contributed by atoms with Gasteiger partial charge in [-0.1, -0.05) is 25.8 Å². The third kappa shape index (κ3) is 3.61. The molecule has 0 saturated heterocycles. The Hall–Kier alpha value is -1.00. The Bertz CT molecular complexity index is 464. The lowest BCUT2D eigenvalue weighted by Gasteiger charge is -2.42. The molecule has 0 heterocycles. The highest BCUT2D eigenvalue weighted by molar-refractivity contribution is 5.21.